The van der Waals surface area contributed by atoms with Gasteiger partial charge in [-0.2, -0.15) is 0 Å². The lowest BCUT2D eigenvalue weighted by atomic mass is 9.67. The summed E-state index contributed by atoms with van der Waals surface area (Å²) in [5.41, 5.74) is -0.211. The first-order valence-electron chi connectivity index (χ1n) is 17.9. The Morgan fingerprint density at radius 2 is 1.22 bits per heavy atom. The summed E-state index contributed by atoms with van der Waals surface area (Å²) in [6, 6.07) is 4.61. The number of aliphatic hydroxyl groups excluding tert-OH is 2. The molecule has 2 aliphatic rings. The molecule has 2 saturated carbocycles. The number of aliphatic hydroxyl groups is 2. The average Bonchev–Trinajstić information content (AvgIpc) is 3.10. The largest absolute Gasteiger partial charge is 0.462 e. The second kappa shape index (κ2) is 18.7. The fourth-order valence-electron chi connectivity index (χ4n) is 7.73. The van der Waals surface area contributed by atoms with Crippen LogP contribution >= 0.6 is 0 Å². The molecule has 0 saturated heterocycles. The van der Waals surface area contributed by atoms with Gasteiger partial charge in [-0.15, -0.1) is 0 Å². The zero-order chi connectivity index (χ0) is 36.4. The first kappa shape index (κ1) is 39.3. The number of ether oxygens (including phenoxy) is 2. The summed E-state index contributed by atoms with van der Waals surface area (Å²) in [6.45, 7) is 7.92. The fourth-order valence-corrected chi connectivity index (χ4v) is 7.73. The Hall–Kier alpha value is -3.50. The van der Waals surface area contributed by atoms with E-state index in [0.29, 0.717) is 36.7 Å². The lowest BCUT2D eigenvalue weighted by Crippen LogP contribution is -2.33. The minimum atomic E-state index is -0.827. The van der Waals surface area contributed by atoms with E-state index in [1.165, 1.54) is 12.1 Å². The third kappa shape index (κ3) is 10.1. The molecule has 10 heteroatoms. The Morgan fingerprint density at radius 1 is 0.740 bits per heavy atom. The van der Waals surface area contributed by atoms with Crippen LogP contribution in [0.2, 0.25) is 0 Å². The highest BCUT2D eigenvalue weighted by atomic mass is 19.1. The van der Waals surface area contributed by atoms with Crippen LogP contribution in [0.1, 0.15) is 94.6 Å². The molecule has 2 aliphatic carbocycles. The van der Waals surface area contributed by atoms with Crippen molar-refractivity contribution in [2.75, 3.05) is 26.4 Å². The van der Waals surface area contributed by atoms with Crippen molar-refractivity contribution in [2.45, 2.75) is 89.9 Å². The summed E-state index contributed by atoms with van der Waals surface area (Å²) >= 11 is 0. The van der Waals surface area contributed by atoms with Crippen LogP contribution in [0, 0.1) is 46.9 Å². The molecule has 0 aromatic heterocycles. The second-order valence-electron chi connectivity index (χ2n) is 14.0. The minimum Gasteiger partial charge on any atom is -0.462 e. The van der Waals surface area contributed by atoms with E-state index in [0.717, 1.165) is 69.9 Å². The third-order valence-corrected chi connectivity index (χ3v) is 10.7. The van der Waals surface area contributed by atoms with Crippen LogP contribution in [-0.2, 0) is 25.5 Å². The van der Waals surface area contributed by atoms with Crippen LogP contribution in [0.5, 0.6) is 0 Å². The number of rotatable bonds is 16. The first-order valence-corrected chi connectivity index (χ1v) is 17.9. The summed E-state index contributed by atoms with van der Waals surface area (Å²) in [7, 11) is 0. The molecule has 0 spiro atoms. The molecule has 0 bridgehead atoms. The van der Waals surface area contributed by atoms with Gasteiger partial charge in [0.2, 0.25) is 0 Å². The highest BCUT2D eigenvalue weighted by Crippen LogP contribution is 2.46. The van der Waals surface area contributed by atoms with Gasteiger partial charge in [-0.05, 0) is 123 Å². The standard InChI is InChI=1S/C40H50F4O6/c1-4-5-6-7-26-16-33(41)38(34(42)17-26)31-18-35(43)37(36(44)19-31)30-14-12-28(13-15-30)27-8-10-29(11-9-27)32(22-49-39(47)24(2)20-45)23-50-40(48)25(3)21-46/h16-19,27-30,32,45-46H,2-15,20-23H2,1H3. The Morgan fingerprint density at radius 3 is 1.68 bits per heavy atom. The number of carbonyl (C=O) groups is 2. The molecule has 6 nitrogen and oxygen atoms in total. The van der Waals surface area contributed by atoms with E-state index >= 15 is 8.78 Å². The van der Waals surface area contributed by atoms with Gasteiger partial charge in [-0.25, -0.2) is 27.2 Å². The number of halogens is 4. The fraction of sp³-hybridized carbons (Fsp3) is 0.550. The van der Waals surface area contributed by atoms with Gasteiger partial charge in [-0.1, -0.05) is 32.9 Å². The predicted octanol–water partition coefficient (Wildman–Crippen LogP) is 8.52. The molecular formula is C40H50F4O6. The first-order chi connectivity index (χ1) is 24.0. The minimum absolute atomic E-state index is 0.0171. The van der Waals surface area contributed by atoms with Crippen LogP contribution in [-0.4, -0.2) is 48.6 Å². The predicted molar refractivity (Wildman–Crippen MR) is 183 cm³/mol. The van der Waals surface area contributed by atoms with Crippen molar-refractivity contribution < 1.29 is 46.8 Å². The zero-order valence-corrected chi connectivity index (χ0v) is 29.0. The summed E-state index contributed by atoms with van der Waals surface area (Å²) in [4.78, 5) is 24.3. The number of hydrogen-bond donors (Lipinski definition) is 2. The number of aryl methyl sites for hydroxylation is 1. The number of benzene rings is 2. The van der Waals surface area contributed by atoms with Crippen LogP contribution in [0.25, 0.3) is 11.1 Å². The van der Waals surface area contributed by atoms with Crippen molar-refractivity contribution in [3.05, 3.63) is 83.0 Å². The lowest BCUT2D eigenvalue weighted by Gasteiger charge is -2.39. The molecule has 50 heavy (non-hydrogen) atoms. The molecule has 0 radical (unpaired) electrons. The molecule has 2 N–H and O–H groups in total. The number of hydrogen-bond acceptors (Lipinski definition) is 6. The molecule has 0 atom stereocenters. The van der Waals surface area contributed by atoms with E-state index in [-0.39, 0.29) is 53.2 Å². The van der Waals surface area contributed by atoms with E-state index in [4.69, 9.17) is 9.47 Å². The Labute approximate surface area is 292 Å². The van der Waals surface area contributed by atoms with Gasteiger partial charge in [0.05, 0.1) is 43.1 Å². The monoisotopic (exact) mass is 702 g/mol. The van der Waals surface area contributed by atoms with E-state index in [2.05, 4.69) is 13.2 Å². The van der Waals surface area contributed by atoms with Crippen molar-refractivity contribution >= 4 is 11.9 Å². The summed E-state index contributed by atoms with van der Waals surface area (Å²) in [6.07, 6.45) is 9.49. The van der Waals surface area contributed by atoms with Crippen LogP contribution in [0.3, 0.4) is 0 Å². The van der Waals surface area contributed by atoms with Crippen LogP contribution in [0.15, 0.2) is 48.6 Å². The zero-order valence-electron chi connectivity index (χ0n) is 29.0. The Balaban J connectivity index is 1.35. The second-order valence-corrected chi connectivity index (χ2v) is 14.0. The third-order valence-electron chi connectivity index (χ3n) is 10.7. The molecular weight excluding hydrogens is 652 g/mol. The smallest absolute Gasteiger partial charge is 0.335 e. The van der Waals surface area contributed by atoms with Crippen molar-refractivity contribution in [1.29, 1.82) is 0 Å². The van der Waals surface area contributed by atoms with Gasteiger partial charge in [0.15, 0.2) is 0 Å². The van der Waals surface area contributed by atoms with Gasteiger partial charge in [0, 0.05) is 11.5 Å². The molecule has 0 heterocycles. The molecule has 274 valence electrons. The lowest BCUT2D eigenvalue weighted by molar-refractivity contribution is -0.146. The van der Waals surface area contributed by atoms with Crippen molar-refractivity contribution in [3.8, 4) is 11.1 Å². The van der Waals surface area contributed by atoms with E-state index in [1.807, 2.05) is 6.92 Å². The van der Waals surface area contributed by atoms with E-state index < -0.39 is 54.0 Å². The Kier molecular flexibility index (Phi) is 14.7. The van der Waals surface area contributed by atoms with Crippen molar-refractivity contribution in [1.82, 2.24) is 0 Å². The average molecular weight is 703 g/mol. The van der Waals surface area contributed by atoms with Gasteiger partial charge in [-0.3, -0.25) is 0 Å². The summed E-state index contributed by atoms with van der Waals surface area (Å²) in [5.74, 6) is -4.40. The molecule has 0 unspecified atom stereocenters. The van der Waals surface area contributed by atoms with Crippen molar-refractivity contribution in [2.24, 2.45) is 23.7 Å². The molecule has 0 aliphatic heterocycles. The number of carbonyl (C=O) groups excluding carboxylic acids is 2. The molecule has 2 aromatic rings. The maximum atomic E-state index is 15.5. The SMILES string of the molecule is C=C(CO)C(=O)OCC(COC(=O)C(=C)CO)C1CCC(C2CCC(c3c(F)cc(-c4c(F)cc(CCCCC)cc4F)cc3F)CC2)CC1. The highest BCUT2D eigenvalue weighted by molar-refractivity contribution is 5.88. The van der Waals surface area contributed by atoms with E-state index in [9.17, 15) is 28.6 Å². The number of esters is 2. The highest BCUT2D eigenvalue weighted by Gasteiger charge is 2.36. The molecule has 2 fully saturated rings. The van der Waals surface area contributed by atoms with Crippen LogP contribution in [0.4, 0.5) is 17.6 Å². The van der Waals surface area contributed by atoms with Gasteiger partial charge in [0.25, 0.3) is 0 Å². The summed E-state index contributed by atoms with van der Waals surface area (Å²) in [5, 5.41) is 18.4. The van der Waals surface area contributed by atoms with Gasteiger partial charge in [0.1, 0.15) is 23.3 Å². The van der Waals surface area contributed by atoms with Crippen molar-refractivity contribution in [3.63, 3.8) is 0 Å². The van der Waals surface area contributed by atoms with Gasteiger partial charge < -0.3 is 19.7 Å². The Bertz CT molecular complexity index is 1430. The number of unbranched alkanes of at least 4 members (excludes halogenated alkanes) is 2. The molecule has 4 rings (SSSR count). The topological polar surface area (TPSA) is 93.1 Å². The summed E-state index contributed by atoms with van der Waals surface area (Å²) < 4.78 is 71.6. The van der Waals surface area contributed by atoms with E-state index in [1.54, 1.807) is 0 Å². The quantitative estimate of drug-likeness (QED) is 0.0789. The maximum absolute atomic E-state index is 15.5. The normalized spacial score (nSPS) is 20.8. The van der Waals surface area contributed by atoms with Gasteiger partial charge >= 0.3 is 11.9 Å². The maximum Gasteiger partial charge on any atom is 0.335 e. The molecule has 2 aromatic carbocycles. The van der Waals surface area contributed by atoms with Crippen LogP contribution < -0.4 is 0 Å². The molecule has 0 amide bonds.